The second-order valence-electron chi connectivity index (χ2n) is 3.05. The van der Waals surface area contributed by atoms with Gasteiger partial charge in [0.2, 0.25) is 0 Å². The number of hydrogen-bond donors (Lipinski definition) is 2. The number of para-hydroxylation sites is 1. The molecule has 1 aromatic rings. The summed E-state index contributed by atoms with van der Waals surface area (Å²) in [6.07, 6.45) is -5.32. The third-order valence-corrected chi connectivity index (χ3v) is 1.85. The summed E-state index contributed by atoms with van der Waals surface area (Å²) in [7, 11) is 0. The fourth-order valence-corrected chi connectivity index (χ4v) is 1.21. The molecule has 0 aliphatic rings. The second kappa shape index (κ2) is 3.88. The van der Waals surface area contributed by atoms with E-state index in [9.17, 15) is 13.2 Å². The highest BCUT2D eigenvalue weighted by molar-refractivity contribution is 5.48. The van der Waals surface area contributed by atoms with Crippen molar-refractivity contribution in [3.8, 4) is 0 Å². The van der Waals surface area contributed by atoms with Crippen LogP contribution in [0.15, 0.2) is 24.3 Å². The van der Waals surface area contributed by atoms with Crippen LogP contribution in [0, 0.1) is 0 Å². The Kier molecular flexibility index (Phi) is 3.00. The number of hydrogen-bond acceptors (Lipinski definition) is 2. The minimum absolute atomic E-state index is 0.296. The first-order chi connectivity index (χ1) is 6.40. The van der Waals surface area contributed by atoms with Crippen molar-refractivity contribution >= 4 is 5.69 Å². The summed E-state index contributed by atoms with van der Waals surface area (Å²) in [5, 5.41) is 0. The highest BCUT2D eigenvalue weighted by Gasteiger charge is 2.31. The van der Waals surface area contributed by atoms with E-state index in [0.29, 0.717) is 11.3 Å². The maximum atomic E-state index is 12.0. The molecule has 78 valence electrons. The normalized spacial score (nSPS) is 14.0. The standard InChI is InChI=1S/C9H11F3N2/c10-9(11,12)5-8(14)6-3-1-2-4-7(6)13/h1-4,8H,5,13-14H2. The molecule has 0 aliphatic heterocycles. The summed E-state index contributed by atoms with van der Waals surface area (Å²) >= 11 is 0. The Morgan fingerprint density at radius 1 is 1.21 bits per heavy atom. The Balaban J connectivity index is 2.80. The highest BCUT2D eigenvalue weighted by atomic mass is 19.4. The lowest BCUT2D eigenvalue weighted by Crippen LogP contribution is -2.21. The van der Waals surface area contributed by atoms with Gasteiger partial charge in [-0.1, -0.05) is 18.2 Å². The molecule has 4 N–H and O–H groups in total. The van der Waals surface area contributed by atoms with E-state index in [0.717, 1.165) is 0 Å². The van der Waals surface area contributed by atoms with E-state index < -0.39 is 18.6 Å². The van der Waals surface area contributed by atoms with Gasteiger partial charge in [-0.15, -0.1) is 0 Å². The average Bonchev–Trinajstić information content (AvgIpc) is 2.01. The van der Waals surface area contributed by atoms with Crippen molar-refractivity contribution in [2.45, 2.75) is 18.6 Å². The Morgan fingerprint density at radius 2 is 1.79 bits per heavy atom. The molecule has 0 radical (unpaired) electrons. The lowest BCUT2D eigenvalue weighted by atomic mass is 10.0. The second-order valence-corrected chi connectivity index (χ2v) is 3.05. The molecule has 14 heavy (non-hydrogen) atoms. The molecule has 0 heterocycles. The van der Waals surface area contributed by atoms with Crippen LogP contribution in [0.1, 0.15) is 18.0 Å². The van der Waals surface area contributed by atoms with E-state index in [2.05, 4.69) is 0 Å². The third kappa shape index (κ3) is 2.92. The first kappa shape index (κ1) is 10.8. The molecule has 0 spiro atoms. The maximum Gasteiger partial charge on any atom is 0.390 e. The number of rotatable bonds is 2. The van der Waals surface area contributed by atoms with Gasteiger partial charge >= 0.3 is 6.18 Å². The number of anilines is 1. The van der Waals surface area contributed by atoms with Crippen molar-refractivity contribution in [2.24, 2.45) is 5.73 Å². The molecular weight excluding hydrogens is 193 g/mol. The molecule has 0 bridgehead atoms. The van der Waals surface area contributed by atoms with Gasteiger partial charge in [0, 0.05) is 11.7 Å². The lowest BCUT2D eigenvalue weighted by molar-refractivity contribution is -0.138. The molecule has 0 fully saturated rings. The summed E-state index contributed by atoms with van der Waals surface area (Å²) in [6, 6.07) is 5.22. The lowest BCUT2D eigenvalue weighted by Gasteiger charge is -2.15. The molecule has 5 heteroatoms. The van der Waals surface area contributed by atoms with Crippen molar-refractivity contribution in [3.05, 3.63) is 29.8 Å². The summed E-state index contributed by atoms with van der Waals surface area (Å²) in [5.74, 6) is 0. The van der Waals surface area contributed by atoms with Crippen LogP contribution in [0.4, 0.5) is 18.9 Å². The smallest absolute Gasteiger partial charge is 0.390 e. The van der Waals surface area contributed by atoms with E-state index in [-0.39, 0.29) is 0 Å². The third-order valence-electron chi connectivity index (χ3n) is 1.85. The van der Waals surface area contributed by atoms with Crippen molar-refractivity contribution < 1.29 is 13.2 Å². The summed E-state index contributed by atoms with van der Waals surface area (Å²) in [4.78, 5) is 0. The SMILES string of the molecule is Nc1ccccc1C(N)CC(F)(F)F. The minimum atomic E-state index is -4.26. The van der Waals surface area contributed by atoms with E-state index in [1.54, 1.807) is 12.1 Å². The van der Waals surface area contributed by atoms with Crippen LogP contribution in [0.25, 0.3) is 0 Å². The molecule has 1 aromatic carbocycles. The number of nitrogens with two attached hydrogens (primary N) is 2. The van der Waals surface area contributed by atoms with Crippen molar-refractivity contribution in [1.82, 2.24) is 0 Å². The van der Waals surface area contributed by atoms with E-state index in [1.807, 2.05) is 0 Å². The largest absolute Gasteiger partial charge is 0.398 e. The van der Waals surface area contributed by atoms with Gasteiger partial charge in [-0.2, -0.15) is 13.2 Å². The van der Waals surface area contributed by atoms with Crippen molar-refractivity contribution in [2.75, 3.05) is 5.73 Å². The van der Waals surface area contributed by atoms with Crippen LogP contribution in [0.5, 0.6) is 0 Å². The van der Waals surface area contributed by atoms with Gasteiger partial charge in [0.05, 0.1) is 6.42 Å². The topological polar surface area (TPSA) is 52.0 Å². The van der Waals surface area contributed by atoms with Gasteiger partial charge in [0.15, 0.2) is 0 Å². The number of alkyl halides is 3. The Hall–Kier alpha value is -1.23. The number of halogens is 3. The predicted octanol–water partition coefficient (Wildman–Crippen LogP) is 2.22. The van der Waals surface area contributed by atoms with Gasteiger partial charge in [0.1, 0.15) is 0 Å². The van der Waals surface area contributed by atoms with Gasteiger partial charge < -0.3 is 11.5 Å². The zero-order chi connectivity index (χ0) is 10.8. The quantitative estimate of drug-likeness (QED) is 0.726. The number of nitrogen functional groups attached to an aromatic ring is 1. The van der Waals surface area contributed by atoms with Gasteiger partial charge in [0.25, 0.3) is 0 Å². The zero-order valence-electron chi connectivity index (χ0n) is 7.38. The molecular formula is C9H11F3N2. The summed E-state index contributed by atoms with van der Waals surface area (Å²) < 4.78 is 36.0. The van der Waals surface area contributed by atoms with Crippen LogP contribution >= 0.6 is 0 Å². The predicted molar refractivity (Wildman–Crippen MR) is 48.5 cm³/mol. The fraction of sp³-hybridized carbons (Fsp3) is 0.333. The molecule has 1 atom stereocenters. The summed E-state index contributed by atoms with van der Waals surface area (Å²) in [5.41, 5.74) is 11.5. The summed E-state index contributed by atoms with van der Waals surface area (Å²) in [6.45, 7) is 0. The zero-order valence-corrected chi connectivity index (χ0v) is 7.38. The maximum absolute atomic E-state index is 12.0. The molecule has 0 aromatic heterocycles. The van der Waals surface area contributed by atoms with E-state index >= 15 is 0 Å². The first-order valence-corrected chi connectivity index (χ1v) is 4.07. The highest BCUT2D eigenvalue weighted by Crippen LogP contribution is 2.29. The van der Waals surface area contributed by atoms with Gasteiger partial charge in [-0.05, 0) is 11.6 Å². The molecule has 0 amide bonds. The van der Waals surface area contributed by atoms with Gasteiger partial charge in [-0.25, -0.2) is 0 Å². The monoisotopic (exact) mass is 204 g/mol. The Morgan fingerprint density at radius 3 is 2.29 bits per heavy atom. The fourth-order valence-electron chi connectivity index (χ4n) is 1.21. The van der Waals surface area contributed by atoms with Crippen LogP contribution in [0.2, 0.25) is 0 Å². The first-order valence-electron chi connectivity index (χ1n) is 4.07. The Bertz CT molecular complexity index is 309. The van der Waals surface area contributed by atoms with Crippen LogP contribution in [0.3, 0.4) is 0 Å². The van der Waals surface area contributed by atoms with Crippen LogP contribution < -0.4 is 11.5 Å². The van der Waals surface area contributed by atoms with Crippen molar-refractivity contribution in [1.29, 1.82) is 0 Å². The molecule has 1 unspecified atom stereocenters. The Labute approximate surface area is 79.7 Å². The minimum Gasteiger partial charge on any atom is -0.398 e. The van der Waals surface area contributed by atoms with Crippen LogP contribution in [-0.4, -0.2) is 6.18 Å². The van der Waals surface area contributed by atoms with E-state index in [4.69, 9.17) is 11.5 Å². The molecule has 2 nitrogen and oxygen atoms in total. The van der Waals surface area contributed by atoms with Crippen LogP contribution in [-0.2, 0) is 0 Å². The average molecular weight is 204 g/mol. The molecule has 0 saturated heterocycles. The molecule has 0 saturated carbocycles. The van der Waals surface area contributed by atoms with E-state index in [1.165, 1.54) is 12.1 Å². The van der Waals surface area contributed by atoms with Crippen molar-refractivity contribution in [3.63, 3.8) is 0 Å². The number of benzene rings is 1. The molecule has 0 aliphatic carbocycles. The molecule has 1 rings (SSSR count). The van der Waals surface area contributed by atoms with Gasteiger partial charge in [-0.3, -0.25) is 0 Å².